The van der Waals surface area contributed by atoms with E-state index in [4.69, 9.17) is 17.3 Å². The van der Waals surface area contributed by atoms with Crippen molar-refractivity contribution in [3.63, 3.8) is 0 Å². The zero-order valence-electron chi connectivity index (χ0n) is 13.2. The van der Waals surface area contributed by atoms with Gasteiger partial charge in [0.15, 0.2) is 0 Å². The number of hydrogen-bond donors (Lipinski definition) is 1. The second kappa shape index (κ2) is 6.13. The molecular formula is C18H14ClN3O2S. The van der Waals surface area contributed by atoms with Crippen LogP contribution in [0.5, 0.6) is 0 Å². The summed E-state index contributed by atoms with van der Waals surface area (Å²) in [5.74, 6) is -0.618. The molecule has 1 aliphatic rings. The third-order valence-corrected chi connectivity index (χ3v) is 6.00. The third-order valence-electron chi connectivity index (χ3n) is 4.34. The zero-order chi connectivity index (χ0) is 17.6. The number of nitrogens with two attached hydrogens (primary N) is 1. The van der Waals surface area contributed by atoms with Gasteiger partial charge >= 0.3 is 0 Å². The minimum atomic E-state index is -0.522. The van der Waals surface area contributed by atoms with Crippen molar-refractivity contribution in [3.05, 3.63) is 63.2 Å². The van der Waals surface area contributed by atoms with E-state index in [1.807, 2.05) is 24.3 Å². The first-order valence-corrected chi connectivity index (χ1v) is 8.98. The van der Waals surface area contributed by atoms with E-state index >= 15 is 0 Å². The fourth-order valence-corrected chi connectivity index (χ4v) is 4.51. The molecule has 3 heterocycles. The van der Waals surface area contributed by atoms with Gasteiger partial charge in [0.1, 0.15) is 4.88 Å². The largest absolute Gasteiger partial charge is 0.366 e. The Hall–Kier alpha value is -2.44. The number of aromatic nitrogens is 1. The van der Waals surface area contributed by atoms with Gasteiger partial charge in [-0.1, -0.05) is 29.8 Å². The van der Waals surface area contributed by atoms with E-state index in [-0.39, 0.29) is 5.91 Å². The fourth-order valence-electron chi connectivity index (χ4n) is 3.03. The molecule has 0 saturated heterocycles. The van der Waals surface area contributed by atoms with Crippen LogP contribution in [0.2, 0.25) is 5.02 Å². The molecule has 126 valence electrons. The quantitative estimate of drug-likeness (QED) is 0.751. The van der Waals surface area contributed by atoms with Crippen LogP contribution in [-0.4, -0.2) is 28.2 Å². The highest BCUT2D eigenvalue weighted by atomic mass is 35.5. The second-order valence-corrected chi connectivity index (χ2v) is 7.34. The van der Waals surface area contributed by atoms with Crippen LogP contribution in [0.4, 0.5) is 0 Å². The normalized spacial score (nSPS) is 13.7. The summed E-state index contributed by atoms with van der Waals surface area (Å²) in [5.41, 5.74) is 7.43. The average Bonchev–Trinajstić information content (AvgIpc) is 2.97. The molecule has 5 nitrogen and oxygen atoms in total. The zero-order valence-corrected chi connectivity index (χ0v) is 14.7. The maximum Gasteiger partial charge on any atom is 0.265 e. The van der Waals surface area contributed by atoms with Gasteiger partial charge in [0.05, 0.1) is 10.6 Å². The highest BCUT2D eigenvalue weighted by molar-refractivity contribution is 7.21. The number of benzene rings is 1. The minimum Gasteiger partial charge on any atom is -0.366 e. The Labute approximate surface area is 153 Å². The SMILES string of the molecule is NC(=O)c1cnc2c(c1)CN(C(=O)c1sc3ccccc3c1Cl)CC2. The summed E-state index contributed by atoms with van der Waals surface area (Å²) < 4.78 is 0.992. The van der Waals surface area contributed by atoms with Crippen LogP contribution in [0.25, 0.3) is 10.1 Å². The maximum atomic E-state index is 13.0. The summed E-state index contributed by atoms with van der Waals surface area (Å²) in [5, 5.41) is 1.40. The van der Waals surface area contributed by atoms with Crippen molar-refractivity contribution < 1.29 is 9.59 Å². The van der Waals surface area contributed by atoms with Crippen molar-refractivity contribution in [3.8, 4) is 0 Å². The monoisotopic (exact) mass is 371 g/mol. The lowest BCUT2D eigenvalue weighted by Crippen LogP contribution is -2.36. The smallest absolute Gasteiger partial charge is 0.265 e. The van der Waals surface area contributed by atoms with E-state index in [2.05, 4.69) is 4.98 Å². The lowest BCUT2D eigenvalue weighted by molar-refractivity contribution is 0.0738. The number of rotatable bonds is 2. The summed E-state index contributed by atoms with van der Waals surface area (Å²) >= 11 is 7.83. The van der Waals surface area contributed by atoms with E-state index < -0.39 is 5.91 Å². The Bertz CT molecular complexity index is 1010. The highest BCUT2D eigenvalue weighted by Crippen LogP contribution is 2.36. The van der Waals surface area contributed by atoms with E-state index in [9.17, 15) is 9.59 Å². The van der Waals surface area contributed by atoms with Crippen LogP contribution < -0.4 is 5.73 Å². The first-order valence-electron chi connectivity index (χ1n) is 7.78. The summed E-state index contributed by atoms with van der Waals surface area (Å²) in [6, 6.07) is 9.42. The molecule has 2 N–H and O–H groups in total. The number of carbonyl (C=O) groups excluding carboxylic acids is 2. The van der Waals surface area contributed by atoms with Crippen molar-refractivity contribution in [2.45, 2.75) is 13.0 Å². The standard InChI is InChI=1S/C18H14ClN3O2S/c19-15-12-3-1-2-4-14(12)25-16(15)18(24)22-6-5-13-11(9-22)7-10(8-21-13)17(20)23/h1-4,7-8H,5-6,9H2,(H2,20,23). The van der Waals surface area contributed by atoms with Crippen LogP contribution in [0.15, 0.2) is 36.5 Å². The third kappa shape index (κ3) is 2.77. The van der Waals surface area contributed by atoms with Crippen LogP contribution in [0, 0.1) is 0 Å². The number of thiophene rings is 1. The lowest BCUT2D eigenvalue weighted by Gasteiger charge is -2.28. The predicted molar refractivity (Wildman–Crippen MR) is 98.0 cm³/mol. The number of carbonyl (C=O) groups is 2. The molecule has 0 fully saturated rings. The molecule has 2 aromatic heterocycles. The van der Waals surface area contributed by atoms with Gasteiger partial charge in [-0.2, -0.15) is 0 Å². The molecule has 0 atom stereocenters. The minimum absolute atomic E-state index is 0.0960. The molecule has 4 rings (SSSR count). The van der Waals surface area contributed by atoms with Crippen LogP contribution in [0.3, 0.4) is 0 Å². The first kappa shape index (κ1) is 16.1. The van der Waals surface area contributed by atoms with E-state index in [1.165, 1.54) is 17.5 Å². The molecule has 3 aromatic rings. The molecule has 1 aliphatic heterocycles. The molecule has 25 heavy (non-hydrogen) atoms. The summed E-state index contributed by atoms with van der Waals surface area (Å²) in [4.78, 5) is 30.9. The van der Waals surface area contributed by atoms with Crippen molar-refractivity contribution in [2.75, 3.05) is 6.54 Å². The highest BCUT2D eigenvalue weighted by Gasteiger charge is 2.26. The summed E-state index contributed by atoms with van der Waals surface area (Å²) in [6.07, 6.45) is 2.13. The van der Waals surface area contributed by atoms with Gasteiger partial charge < -0.3 is 10.6 Å². The van der Waals surface area contributed by atoms with Gasteiger partial charge in [0.2, 0.25) is 5.91 Å². The van der Waals surface area contributed by atoms with Crippen LogP contribution in [0.1, 0.15) is 31.3 Å². The number of amides is 2. The Balaban J connectivity index is 1.66. The molecule has 0 unspecified atom stereocenters. The van der Waals surface area contributed by atoms with Crippen molar-refractivity contribution in [1.29, 1.82) is 0 Å². The van der Waals surface area contributed by atoms with Gasteiger partial charge in [-0.15, -0.1) is 11.3 Å². The van der Waals surface area contributed by atoms with Gasteiger partial charge in [0, 0.05) is 41.5 Å². The second-order valence-electron chi connectivity index (χ2n) is 5.91. The molecule has 0 spiro atoms. The first-order chi connectivity index (χ1) is 12.0. The number of primary amides is 1. The molecule has 1 aromatic carbocycles. The van der Waals surface area contributed by atoms with E-state index in [0.29, 0.717) is 35.0 Å². The van der Waals surface area contributed by atoms with Crippen molar-refractivity contribution in [2.24, 2.45) is 5.73 Å². The molecule has 2 amide bonds. The fraction of sp³-hybridized carbons (Fsp3) is 0.167. The van der Waals surface area contributed by atoms with Gasteiger partial charge in [-0.3, -0.25) is 14.6 Å². The van der Waals surface area contributed by atoms with Gasteiger partial charge in [0.25, 0.3) is 5.91 Å². The number of halogens is 1. The summed E-state index contributed by atoms with van der Waals surface area (Å²) in [6.45, 7) is 0.964. The molecule has 0 radical (unpaired) electrons. The van der Waals surface area contributed by atoms with Gasteiger partial charge in [-0.25, -0.2) is 0 Å². The maximum absolute atomic E-state index is 13.0. The summed E-state index contributed by atoms with van der Waals surface area (Å²) in [7, 11) is 0. The van der Waals surface area contributed by atoms with E-state index in [0.717, 1.165) is 21.3 Å². The topological polar surface area (TPSA) is 76.3 Å². The molecular weight excluding hydrogens is 358 g/mol. The Kier molecular flexibility index (Phi) is 3.94. The lowest BCUT2D eigenvalue weighted by atomic mass is 10.0. The molecule has 0 bridgehead atoms. The average molecular weight is 372 g/mol. The number of nitrogens with zero attached hydrogens (tertiary/aromatic N) is 2. The molecule has 0 aliphatic carbocycles. The van der Waals surface area contributed by atoms with Crippen molar-refractivity contribution in [1.82, 2.24) is 9.88 Å². The number of hydrogen-bond acceptors (Lipinski definition) is 4. The number of fused-ring (bicyclic) bond motifs is 2. The Morgan fingerprint density at radius 1 is 1.28 bits per heavy atom. The predicted octanol–water partition coefficient (Wildman–Crippen LogP) is 3.25. The van der Waals surface area contributed by atoms with Crippen LogP contribution >= 0.6 is 22.9 Å². The molecule has 7 heteroatoms. The van der Waals surface area contributed by atoms with E-state index in [1.54, 1.807) is 11.0 Å². The molecule has 0 saturated carbocycles. The number of pyridine rings is 1. The van der Waals surface area contributed by atoms with Crippen LogP contribution in [-0.2, 0) is 13.0 Å². The Morgan fingerprint density at radius 2 is 2.08 bits per heavy atom. The van der Waals surface area contributed by atoms with Gasteiger partial charge in [-0.05, 0) is 17.7 Å². The Morgan fingerprint density at radius 3 is 2.84 bits per heavy atom. The van der Waals surface area contributed by atoms with Crippen molar-refractivity contribution >= 4 is 44.8 Å².